The number of carbonyl (C=O) groups excluding carboxylic acids is 1. The standard InChI is InChI=1S/C15H14N6O2S/c16-7-9-6-11-12(2-1-3-13(11)22)17-14(9)24-15-18-19-20-21(15)10-4-5-23-8-10/h6,10H,1-5,8H2. The average Bonchev–Trinajstić information content (AvgIpc) is 3.25. The fourth-order valence-corrected chi connectivity index (χ4v) is 3.86. The van der Waals surface area contributed by atoms with E-state index in [-0.39, 0.29) is 11.8 Å². The second kappa shape index (κ2) is 6.30. The highest BCUT2D eigenvalue weighted by Gasteiger charge is 2.25. The van der Waals surface area contributed by atoms with Gasteiger partial charge in [0.2, 0.25) is 5.16 Å². The Labute approximate surface area is 142 Å². The summed E-state index contributed by atoms with van der Waals surface area (Å²) >= 11 is 1.26. The highest BCUT2D eigenvalue weighted by molar-refractivity contribution is 7.99. The van der Waals surface area contributed by atoms with Crippen LogP contribution < -0.4 is 0 Å². The Balaban J connectivity index is 1.69. The van der Waals surface area contributed by atoms with Gasteiger partial charge in [-0.15, -0.1) is 5.10 Å². The van der Waals surface area contributed by atoms with E-state index in [2.05, 4.69) is 26.6 Å². The number of ketones is 1. The minimum Gasteiger partial charge on any atom is -0.379 e. The van der Waals surface area contributed by atoms with Crippen molar-refractivity contribution >= 4 is 17.5 Å². The molecule has 8 nitrogen and oxygen atoms in total. The van der Waals surface area contributed by atoms with Gasteiger partial charge in [-0.05, 0) is 47.5 Å². The molecular weight excluding hydrogens is 328 g/mol. The third kappa shape index (κ3) is 2.68. The summed E-state index contributed by atoms with van der Waals surface area (Å²) in [5.41, 5.74) is 1.72. The number of Topliss-reactive ketones (excluding diaryl/α,β-unsaturated/α-hetero) is 1. The van der Waals surface area contributed by atoms with Crippen LogP contribution in [0.2, 0.25) is 0 Å². The number of hydrogen-bond acceptors (Lipinski definition) is 8. The van der Waals surface area contributed by atoms with Crippen molar-refractivity contribution in [3.8, 4) is 6.07 Å². The lowest BCUT2D eigenvalue weighted by Crippen LogP contribution is -2.14. The van der Waals surface area contributed by atoms with Gasteiger partial charge in [-0.1, -0.05) is 0 Å². The number of aromatic nitrogens is 5. The van der Waals surface area contributed by atoms with E-state index in [4.69, 9.17) is 4.74 Å². The summed E-state index contributed by atoms with van der Waals surface area (Å²) in [6, 6.07) is 3.89. The maximum atomic E-state index is 12.0. The van der Waals surface area contributed by atoms with Gasteiger partial charge in [-0.3, -0.25) is 4.79 Å². The van der Waals surface area contributed by atoms with Crippen molar-refractivity contribution in [1.82, 2.24) is 25.2 Å². The minimum atomic E-state index is 0.0599. The molecule has 2 aromatic heterocycles. The molecule has 0 bridgehead atoms. The Morgan fingerprint density at radius 2 is 2.33 bits per heavy atom. The molecular formula is C15H14N6O2S. The molecule has 1 saturated heterocycles. The Bertz CT molecular complexity index is 837. The maximum absolute atomic E-state index is 12.0. The summed E-state index contributed by atoms with van der Waals surface area (Å²) in [7, 11) is 0. The third-order valence-corrected chi connectivity index (χ3v) is 5.16. The first-order valence-electron chi connectivity index (χ1n) is 7.77. The number of ether oxygens (including phenoxy) is 1. The molecule has 0 N–H and O–H groups in total. The molecule has 24 heavy (non-hydrogen) atoms. The van der Waals surface area contributed by atoms with Crippen LogP contribution in [0.25, 0.3) is 0 Å². The molecule has 0 spiro atoms. The van der Waals surface area contributed by atoms with E-state index >= 15 is 0 Å². The van der Waals surface area contributed by atoms with Gasteiger partial charge in [-0.25, -0.2) is 9.67 Å². The van der Waals surface area contributed by atoms with Gasteiger partial charge >= 0.3 is 0 Å². The fourth-order valence-electron chi connectivity index (χ4n) is 2.96. The van der Waals surface area contributed by atoms with Crippen LogP contribution in [0.5, 0.6) is 0 Å². The molecule has 3 heterocycles. The molecule has 1 aliphatic carbocycles. The Hall–Kier alpha value is -2.31. The Morgan fingerprint density at radius 3 is 3.12 bits per heavy atom. The zero-order chi connectivity index (χ0) is 16.5. The van der Waals surface area contributed by atoms with Crippen LogP contribution >= 0.6 is 11.8 Å². The van der Waals surface area contributed by atoms with Crippen LogP contribution in [-0.2, 0) is 11.2 Å². The molecule has 122 valence electrons. The Kier molecular flexibility index (Phi) is 4.00. The van der Waals surface area contributed by atoms with Crippen molar-refractivity contribution in [2.75, 3.05) is 13.2 Å². The first-order valence-corrected chi connectivity index (χ1v) is 8.58. The highest BCUT2D eigenvalue weighted by atomic mass is 32.2. The zero-order valence-electron chi connectivity index (χ0n) is 12.8. The lowest BCUT2D eigenvalue weighted by molar-refractivity contribution is 0.0971. The molecule has 0 saturated carbocycles. The van der Waals surface area contributed by atoms with Crippen LogP contribution in [0, 0.1) is 11.3 Å². The molecule has 1 aliphatic heterocycles. The van der Waals surface area contributed by atoms with E-state index in [0.717, 1.165) is 25.0 Å². The van der Waals surface area contributed by atoms with Crippen molar-refractivity contribution in [2.24, 2.45) is 0 Å². The number of rotatable bonds is 3. The van der Waals surface area contributed by atoms with E-state index in [9.17, 15) is 10.1 Å². The van der Waals surface area contributed by atoms with Crippen molar-refractivity contribution in [1.29, 1.82) is 5.26 Å². The minimum absolute atomic E-state index is 0.0599. The molecule has 1 fully saturated rings. The van der Waals surface area contributed by atoms with E-state index in [1.165, 1.54) is 11.8 Å². The van der Waals surface area contributed by atoms with Gasteiger partial charge < -0.3 is 4.74 Å². The third-order valence-electron chi connectivity index (χ3n) is 4.21. The summed E-state index contributed by atoms with van der Waals surface area (Å²) in [5, 5.41) is 22.4. The average molecular weight is 342 g/mol. The predicted octanol–water partition coefficient (Wildman–Crippen LogP) is 1.57. The smallest absolute Gasteiger partial charge is 0.216 e. The Morgan fingerprint density at radius 1 is 1.42 bits per heavy atom. The second-order valence-electron chi connectivity index (χ2n) is 5.75. The normalized spacial score (nSPS) is 20.0. The first kappa shape index (κ1) is 15.2. The predicted molar refractivity (Wildman–Crippen MR) is 82.6 cm³/mol. The van der Waals surface area contributed by atoms with Crippen molar-refractivity contribution < 1.29 is 9.53 Å². The van der Waals surface area contributed by atoms with Gasteiger partial charge in [-0.2, -0.15) is 5.26 Å². The van der Waals surface area contributed by atoms with Gasteiger partial charge in [0.15, 0.2) is 5.78 Å². The topological polar surface area (TPSA) is 107 Å². The molecule has 1 atom stereocenters. The summed E-state index contributed by atoms with van der Waals surface area (Å²) in [6.07, 6.45) is 2.93. The second-order valence-corrected chi connectivity index (χ2v) is 6.71. The maximum Gasteiger partial charge on any atom is 0.216 e. The van der Waals surface area contributed by atoms with Crippen molar-refractivity contribution in [3.05, 3.63) is 22.9 Å². The number of hydrogen-bond donors (Lipinski definition) is 0. The molecule has 1 unspecified atom stereocenters. The molecule has 0 radical (unpaired) electrons. The van der Waals surface area contributed by atoms with Crippen LogP contribution in [-0.4, -0.2) is 44.2 Å². The van der Waals surface area contributed by atoms with Crippen molar-refractivity contribution in [2.45, 2.75) is 41.9 Å². The molecule has 2 aromatic rings. The number of nitrogens with zero attached hydrogens (tertiary/aromatic N) is 6. The number of aryl methyl sites for hydroxylation is 1. The summed E-state index contributed by atoms with van der Waals surface area (Å²) in [6.45, 7) is 1.27. The monoisotopic (exact) mass is 342 g/mol. The van der Waals surface area contributed by atoms with Crippen LogP contribution in [0.15, 0.2) is 16.2 Å². The fraction of sp³-hybridized carbons (Fsp3) is 0.467. The largest absolute Gasteiger partial charge is 0.379 e. The zero-order valence-corrected chi connectivity index (χ0v) is 13.6. The number of fused-ring (bicyclic) bond motifs is 1. The molecule has 4 rings (SSSR count). The lowest BCUT2D eigenvalue weighted by atomic mass is 9.94. The van der Waals surface area contributed by atoms with Gasteiger partial charge in [0.1, 0.15) is 11.1 Å². The van der Waals surface area contributed by atoms with Gasteiger partial charge in [0, 0.05) is 18.6 Å². The van der Waals surface area contributed by atoms with E-state index in [1.807, 2.05) is 0 Å². The molecule has 0 amide bonds. The van der Waals surface area contributed by atoms with E-state index in [0.29, 0.717) is 40.9 Å². The van der Waals surface area contributed by atoms with Crippen LogP contribution in [0.4, 0.5) is 0 Å². The molecule has 0 aromatic carbocycles. The summed E-state index contributed by atoms with van der Waals surface area (Å²) < 4.78 is 7.11. The SMILES string of the molecule is N#Cc1cc2c(nc1Sc1nnnn1C1CCOC1)CCCC2=O. The molecule has 9 heteroatoms. The quantitative estimate of drug-likeness (QED) is 0.827. The first-order chi connectivity index (χ1) is 11.8. The molecule has 2 aliphatic rings. The van der Waals surface area contributed by atoms with E-state index < -0.39 is 0 Å². The van der Waals surface area contributed by atoms with Crippen molar-refractivity contribution in [3.63, 3.8) is 0 Å². The number of nitriles is 1. The van der Waals surface area contributed by atoms with E-state index in [1.54, 1.807) is 10.7 Å². The van der Waals surface area contributed by atoms with Gasteiger partial charge in [0.25, 0.3) is 0 Å². The van der Waals surface area contributed by atoms with Gasteiger partial charge in [0.05, 0.1) is 23.9 Å². The summed E-state index contributed by atoms with van der Waals surface area (Å²) in [4.78, 5) is 16.6. The summed E-state index contributed by atoms with van der Waals surface area (Å²) in [5.74, 6) is 0.0599. The number of pyridine rings is 1. The lowest BCUT2D eigenvalue weighted by Gasteiger charge is -2.15. The van der Waals surface area contributed by atoms with Crippen LogP contribution in [0.1, 0.15) is 46.9 Å². The number of carbonyl (C=O) groups is 1. The number of tetrazole rings is 1. The van der Waals surface area contributed by atoms with Crippen LogP contribution in [0.3, 0.4) is 0 Å². The highest BCUT2D eigenvalue weighted by Crippen LogP contribution is 2.32.